The van der Waals surface area contributed by atoms with Crippen LogP contribution in [0.1, 0.15) is 0 Å². The van der Waals surface area contributed by atoms with Crippen molar-refractivity contribution in [2.75, 3.05) is 0 Å². The molecule has 0 N–H and O–H groups in total. The van der Waals surface area contributed by atoms with Crippen LogP contribution in [0.5, 0.6) is 0 Å². The molecule has 28 valence electrons. The summed E-state index contributed by atoms with van der Waals surface area (Å²) in [6, 6.07) is 0. The van der Waals surface area contributed by atoms with Crippen molar-refractivity contribution in [3.05, 3.63) is 0 Å². The largest absolute Gasteiger partial charge is 0.0149 e. The van der Waals surface area contributed by atoms with E-state index in [1.165, 1.54) is 0 Å². The van der Waals surface area contributed by atoms with E-state index in [9.17, 15) is 0 Å². The standard InChI is InChI=1S/2O.H4Si.Ti.Zr/h;;1H4;;. The predicted octanol–water partition coefficient (Wildman–Crippen LogP) is -1.69. The van der Waals surface area contributed by atoms with Gasteiger partial charge in [0.1, 0.15) is 0 Å². The molecule has 0 aliphatic rings. The van der Waals surface area contributed by atoms with Crippen LogP contribution in [-0.2, 0) is 51.9 Å². The van der Waals surface area contributed by atoms with Crippen molar-refractivity contribution in [2.45, 2.75) is 0 Å². The van der Waals surface area contributed by atoms with Crippen molar-refractivity contribution >= 4 is 11.0 Å². The summed E-state index contributed by atoms with van der Waals surface area (Å²) < 4.78 is 17.0. The molecule has 0 aliphatic carbocycles. The maximum atomic E-state index is 8.50. The van der Waals surface area contributed by atoms with Crippen molar-refractivity contribution in [1.82, 2.24) is 0 Å². The maximum Gasteiger partial charge on any atom is 0 e. The molecule has 0 bridgehead atoms. The quantitative estimate of drug-likeness (QED) is 0.440. The fraction of sp³-hybridized carbons (Fsp3) is 0. The van der Waals surface area contributed by atoms with Crippen molar-refractivity contribution in [1.29, 1.82) is 0 Å². The van der Waals surface area contributed by atoms with Gasteiger partial charge >= 0.3 is 25.7 Å². The van der Waals surface area contributed by atoms with Crippen LogP contribution in [0.25, 0.3) is 0 Å². The van der Waals surface area contributed by atoms with Gasteiger partial charge in [-0.05, 0) is 11.0 Å². The Kier molecular flexibility index (Phi) is 58.4. The fourth-order valence-electron chi connectivity index (χ4n) is 0. The Morgan fingerprint density at radius 1 is 1.20 bits per heavy atom. The molecule has 0 aromatic heterocycles. The third kappa shape index (κ3) is 31.6. The molecule has 0 spiro atoms. The average molecular weight is 203 g/mol. The molecule has 0 radical (unpaired) electrons. The molecule has 0 atom stereocenters. The van der Waals surface area contributed by atoms with E-state index in [0.29, 0.717) is 0 Å². The summed E-state index contributed by atoms with van der Waals surface area (Å²) in [6.45, 7) is 0. The Morgan fingerprint density at radius 3 is 1.20 bits per heavy atom. The van der Waals surface area contributed by atoms with E-state index in [4.69, 9.17) is 6.65 Å². The predicted molar refractivity (Wildman–Crippen MR) is 12.7 cm³/mol. The fourth-order valence-corrected chi connectivity index (χ4v) is 0. The van der Waals surface area contributed by atoms with Crippen LogP contribution < -0.4 is 0 Å². The van der Waals surface area contributed by atoms with E-state index in [0.717, 1.165) is 0 Å². The summed E-state index contributed by atoms with van der Waals surface area (Å²) >= 11 is -2.00. The van der Waals surface area contributed by atoms with Crippen LogP contribution in [0.4, 0.5) is 0 Å². The van der Waals surface area contributed by atoms with Gasteiger partial charge in [-0.3, -0.25) is 0 Å². The molecule has 0 unspecified atom stereocenters. The van der Waals surface area contributed by atoms with Crippen molar-refractivity contribution in [3.63, 3.8) is 0 Å². The van der Waals surface area contributed by atoms with Gasteiger partial charge < -0.3 is 0 Å². The molecule has 2 nitrogen and oxygen atoms in total. The first-order chi connectivity index (χ1) is 1.41. The number of hydrogen-bond donors (Lipinski definition) is 0. The minimum absolute atomic E-state index is 0. The van der Waals surface area contributed by atoms with E-state index < -0.39 is 19.1 Å². The summed E-state index contributed by atoms with van der Waals surface area (Å²) in [4.78, 5) is 0. The van der Waals surface area contributed by atoms with E-state index in [-0.39, 0.29) is 37.2 Å². The van der Waals surface area contributed by atoms with Gasteiger partial charge in [0.15, 0.2) is 0 Å². The van der Waals surface area contributed by atoms with Gasteiger partial charge in [-0.1, -0.05) is 0 Å². The smallest absolute Gasteiger partial charge is 0 e. The van der Waals surface area contributed by atoms with Crippen LogP contribution in [0.3, 0.4) is 0 Å². The molecule has 0 aromatic carbocycles. The van der Waals surface area contributed by atoms with Crippen LogP contribution in [0.15, 0.2) is 0 Å². The van der Waals surface area contributed by atoms with Crippen LogP contribution >= 0.6 is 0 Å². The zero-order valence-electron chi connectivity index (χ0n) is 1.82. The summed E-state index contributed by atoms with van der Waals surface area (Å²) in [5.74, 6) is 0. The molecule has 0 saturated heterocycles. The Morgan fingerprint density at radius 2 is 1.20 bits per heavy atom. The third-order valence-corrected chi connectivity index (χ3v) is 0. The maximum absolute atomic E-state index is 8.50. The first-order valence-electron chi connectivity index (χ1n) is 0.408. The number of hydrogen-bond acceptors (Lipinski definition) is 2. The van der Waals surface area contributed by atoms with Gasteiger partial charge in [0.05, 0.1) is 0 Å². The zero-order valence-corrected chi connectivity index (χ0v) is 5.84. The first-order valence-corrected chi connectivity index (χ1v) is 1.68. The van der Waals surface area contributed by atoms with Gasteiger partial charge in [0.25, 0.3) is 0 Å². The van der Waals surface area contributed by atoms with Crippen LogP contribution in [-0.4, -0.2) is 11.0 Å². The van der Waals surface area contributed by atoms with Gasteiger partial charge in [-0.2, -0.15) is 0 Å². The summed E-state index contributed by atoms with van der Waals surface area (Å²) in [5.41, 5.74) is 0. The Balaban J connectivity index is -0.0000000200. The molecule has 0 aromatic rings. The average Bonchev–Trinajstić information content (AvgIpc) is 0.918. The van der Waals surface area contributed by atoms with Crippen LogP contribution in [0, 0.1) is 0 Å². The van der Waals surface area contributed by atoms with E-state index in [2.05, 4.69) is 0 Å². The molecule has 0 amide bonds. The molecular formula is H4O2SiTiZr. The summed E-state index contributed by atoms with van der Waals surface area (Å²) in [6.07, 6.45) is 0. The zero-order chi connectivity index (χ0) is 2.71. The monoisotopic (exact) mass is 202 g/mol. The van der Waals surface area contributed by atoms with Gasteiger partial charge in [0, 0.05) is 26.2 Å². The van der Waals surface area contributed by atoms with E-state index >= 15 is 0 Å². The molecule has 0 fully saturated rings. The van der Waals surface area contributed by atoms with E-state index in [1.54, 1.807) is 0 Å². The van der Waals surface area contributed by atoms with Crippen molar-refractivity contribution < 1.29 is 51.9 Å². The molecular weight excluding hydrogens is 199 g/mol. The second-order valence-electron chi connectivity index (χ2n) is 0.0833. The normalized spacial score (nSPS) is 1.60. The molecule has 5 heteroatoms. The molecule has 0 heterocycles. The topological polar surface area (TPSA) is 34.1 Å². The van der Waals surface area contributed by atoms with Crippen LogP contribution in [0.2, 0.25) is 0 Å². The second kappa shape index (κ2) is 18.1. The SMILES string of the molecule is [O]=[Ti]=[O].[SiH4].[Zr]. The Hall–Kier alpha value is 1.41. The number of rotatable bonds is 0. The first kappa shape index (κ1) is 16.1. The van der Waals surface area contributed by atoms with Crippen molar-refractivity contribution in [3.8, 4) is 0 Å². The molecule has 0 saturated carbocycles. The second-order valence-corrected chi connectivity index (χ2v) is 0.344. The molecule has 0 rings (SSSR count). The minimum atomic E-state index is -2.00. The molecule has 0 aliphatic heterocycles. The Bertz CT molecular complexity index is 30.6. The Labute approximate surface area is 62.4 Å². The third-order valence-electron chi connectivity index (χ3n) is 0. The van der Waals surface area contributed by atoms with Gasteiger partial charge in [0.2, 0.25) is 0 Å². The summed E-state index contributed by atoms with van der Waals surface area (Å²) in [7, 11) is 0. The van der Waals surface area contributed by atoms with E-state index in [1.807, 2.05) is 0 Å². The van der Waals surface area contributed by atoms with Gasteiger partial charge in [-0.25, -0.2) is 0 Å². The van der Waals surface area contributed by atoms with Crippen molar-refractivity contribution in [2.24, 2.45) is 0 Å². The summed E-state index contributed by atoms with van der Waals surface area (Å²) in [5, 5.41) is 0. The minimum Gasteiger partial charge on any atom is -0.0149 e. The molecule has 5 heavy (non-hydrogen) atoms. The van der Waals surface area contributed by atoms with Gasteiger partial charge in [-0.15, -0.1) is 0 Å².